The van der Waals surface area contributed by atoms with Gasteiger partial charge < -0.3 is 10.6 Å². The maximum atomic E-state index is 4.30. The third-order valence-corrected chi connectivity index (χ3v) is 3.04. The van der Waals surface area contributed by atoms with Gasteiger partial charge in [-0.25, -0.2) is 0 Å². The maximum Gasteiger partial charge on any atom is 0.191 e. The van der Waals surface area contributed by atoms with E-state index in [9.17, 15) is 0 Å². The second kappa shape index (κ2) is 4.46. The van der Waals surface area contributed by atoms with E-state index in [4.69, 9.17) is 0 Å². The summed E-state index contributed by atoms with van der Waals surface area (Å²) < 4.78 is 0. The van der Waals surface area contributed by atoms with Crippen LogP contribution in [0.3, 0.4) is 0 Å². The van der Waals surface area contributed by atoms with Crippen LogP contribution in [-0.4, -0.2) is 25.1 Å². The Bertz CT molecular complexity index is 305. The van der Waals surface area contributed by atoms with E-state index < -0.39 is 0 Å². The number of hydrogen-bond acceptors (Lipinski definition) is 4. The lowest BCUT2D eigenvalue weighted by molar-refractivity contribution is 0.656. The van der Waals surface area contributed by atoms with Gasteiger partial charge in [0.05, 0.1) is 6.54 Å². The molecule has 1 aromatic rings. The lowest BCUT2D eigenvalue weighted by Gasteiger charge is -2.13. The fraction of sp³-hybridized carbons (Fsp3) is 0.500. The molecule has 0 amide bonds. The molecule has 1 aliphatic rings. The molecule has 0 radical (unpaired) electrons. The summed E-state index contributed by atoms with van der Waals surface area (Å²) in [6.07, 6.45) is 1.07. The minimum Gasteiger partial charge on any atom is -0.355 e. The van der Waals surface area contributed by atoms with Crippen molar-refractivity contribution in [2.45, 2.75) is 19.4 Å². The summed E-state index contributed by atoms with van der Waals surface area (Å²) in [5.74, 6) is 0.953. The van der Waals surface area contributed by atoms with E-state index in [0.29, 0.717) is 6.04 Å². The number of guanidine groups is 1. The monoisotopic (exact) mass is 209 g/mol. The van der Waals surface area contributed by atoms with Gasteiger partial charge in [0.2, 0.25) is 0 Å². The Morgan fingerprint density at radius 2 is 2.64 bits per heavy atom. The van der Waals surface area contributed by atoms with E-state index in [1.54, 1.807) is 0 Å². The Morgan fingerprint density at radius 1 is 1.71 bits per heavy atom. The first-order valence-corrected chi connectivity index (χ1v) is 5.80. The van der Waals surface area contributed by atoms with Crippen molar-refractivity contribution in [3.8, 4) is 0 Å². The van der Waals surface area contributed by atoms with Crippen LogP contribution in [0.2, 0.25) is 0 Å². The van der Waals surface area contributed by atoms with Crippen molar-refractivity contribution < 1.29 is 0 Å². The summed E-state index contributed by atoms with van der Waals surface area (Å²) in [7, 11) is 0. The van der Waals surface area contributed by atoms with Crippen molar-refractivity contribution in [2.75, 3.05) is 13.1 Å². The molecular formula is C10H15N3S. The normalized spacial score (nSPS) is 17.4. The molecule has 1 unspecified atom stereocenters. The molecule has 3 nitrogen and oxygen atoms in total. The summed E-state index contributed by atoms with van der Waals surface area (Å²) in [5, 5.41) is 8.69. The number of nitrogens with one attached hydrogen (secondary N) is 2. The van der Waals surface area contributed by atoms with Crippen molar-refractivity contribution >= 4 is 17.3 Å². The smallest absolute Gasteiger partial charge is 0.191 e. The lowest BCUT2D eigenvalue weighted by atomic mass is 10.2. The molecule has 0 aromatic carbocycles. The molecule has 0 spiro atoms. The molecule has 4 heteroatoms. The largest absolute Gasteiger partial charge is 0.355 e. The quantitative estimate of drug-likeness (QED) is 0.785. The molecule has 0 bridgehead atoms. The van der Waals surface area contributed by atoms with Crippen LogP contribution in [0.15, 0.2) is 22.5 Å². The third kappa shape index (κ3) is 2.48. The van der Waals surface area contributed by atoms with Crippen LogP contribution in [-0.2, 0) is 6.42 Å². The van der Waals surface area contributed by atoms with Gasteiger partial charge in [0, 0.05) is 23.9 Å². The third-order valence-electron chi connectivity index (χ3n) is 2.14. The Kier molecular flexibility index (Phi) is 3.03. The number of nitrogens with zero attached hydrogens (tertiary/aromatic N) is 1. The Morgan fingerprint density at radius 3 is 3.29 bits per heavy atom. The van der Waals surface area contributed by atoms with E-state index in [2.05, 4.69) is 40.1 Å². The standard InChI is InChI=1S/C10H15N3S/c1-8(7-9-3-2-6-14-9)13-10-11-4-5-12-10/h2-3,6,8H,4-5,7H2,1H3,(H2,11,12,13). The molecule has 2 heterocycles. The Hall–Kier alpha value is -1.03. The molecule has 1 atom stereocenters. The maximum absolute atomic E-state index is 4.30. The zero-order valence-corrected chi connectivity index (χ0v) is 9.10. The molecule has 2 rings (SSSR count). The second-order valence-corrected chi connectivity index (χ2v) is 4.52. The molecule has 0 aliphatic carbocycles. The van der Waals surface area contributed by atoms with Crippen molar-refractivity contribution in [3.05, 3.63) is 22.4 Å². The topological polar surface area (TPSA) is 36.4 Å². The van der Waals surface area contributed by atoms with Gasteiger partial charge in [-0.3, -0.25) is 4.99 Å². The van der Waals surface area contributed by atoms with E-state index in [1.165, 1.54) is 4.88 Å². The van der Waals surface area contributed by atoms with Crippen molar-refractivity contribution in [1.82, 2.24) is 10.6 Å². The Balaban J connectivity index is 1.81. The van der Waals surface area contributed by atoms with Gasteiger partial charge in [0.15, 0.2) is 5.96 Å². The van der Waals surface area contributed by atoms with Crippen LogP contribution >= 0.6 is 11.3 Å². The summed E-state index contributed by atoms with van der Waals surface area (Å²) in [6.45, 7) is 4.05. The van der Waals surface area contributed by atoms with Crippen molar-refractivity contribution in [2.24, 2.45) is 4.99 Å². The van der Waals surface area contributed by atoms with E-state index in [-0.39, 0.29) is 0 Å². The van der Waals surface area contributed by atoms with Crippen LogP contribution in [0, 0.1) is 0 Å². The number of hydrogen-bond donors (Lipinski definition) is 2. The average Bonchev–Trinajstić information content (AvgIpc) is 2.76. The summed E-state index contributed by atoms with van der Waals surface area (Å²) in [6, 6.07) is 4.71. The number of aliphatic imine (C=N–C) groups is 1. The predicted molar refractivity (Wildman–Crippen MR) is 60.9 cm³/mol. The Labute approximate surface area is 88.3 Å². The van der Waals surface area contributed by atoms with Crippen LogP contribution in [0.1, 0.15) is 11.8 Å². The summed E-state index contributed by atoms with van der Waals surface area (Å²) in [4.78, 5) is 5.72. The molecule has 0 saturated carbocycles. The number of thiophene rings is 1. The van der Waals surface area contributed by atoms with Gasteiger partial charge in [-0.15, -0.1) is 11.3 Å². The molecule has 1 aromatic heterocycles. The van der Waals surface area contributed by atoms with Crippen LogP contribution < -0.4 is 10.6 Å². The first-order valence-electron chi connectivity index (χ1n) is 4.92. The van der Waals surface area contributed by atoms with Gasteiger partial charge in [0.1, 0.15) is 0 Å². The zero-order valence-electron chi connectivity index (χ0n) is 8.29. The fourth-order valence-corrected chi connectivity index (χ4v) is 2.34. The van der Waals surface area contributed by atoms with Crippen molar-refractivity contribution in [3.63, 3.8) is 0 Å². The predicted octanol–water partition coefficient (Wildman–Crippen LogP) is 1.23. The highest BCUT2D eigenvalue weighted by atomic mass is 32.1. The molecule has 0 fully saturated rings. The number of rotatable bonds is 3. The molecule has 0 saturated heterocycles. The van der Waals surface area contributed by atoms with E-state index in [1.807, 2.05) is 11.3 Å². The van der Waals surface area contributed by atoms with E-state index >= 15 is 0 Å². The van der Waals surface area contributed by atoms with Gasteiger partial charge in [0.25, 0.3) is 0 Å². The first-order chi connectivity index (χ1) is 6.84. The minimum atomic E-state index is 0.443. The highest BCUT2D eigenvalue weighted by Crippen LogP contribution is 2.10. The molecule has 2 N–H and O–H groups in total. The van der Waals surface area contributed by atoms with Gasteiger partial charge in [-0.05, 0) is 18.4 Å². The van der Waals surface area contributed by atoms with Crippen LogP contribution in [0.4, 0.5) is 0 Å². The highest BCUT2D eigenvalue weighted by molar-refractivity contribution is 7.09. The molecule has 76 valence electrons. The summed E-state index contributed by atoms with van der Waals surface area (Å²) in [5.41, 5.74) is 0. The van der Waals surface area contributed by atoms with Crippen molar-refractivity contribution in [1.29, 1.82) is 0 Å². The van der Waals surface area contributed by atoms with Gasteiger partial charge in [-0.1, -0.05) is 6.07 Å². The van der Waals surface area contributed by atoms with E-state index in [0.717, 1.165) is 25.5 Å². The molecular weight excluding hydrogens is 194 g/mol. The summed E-state index contributed by atoms with van der Waals surface area (Å²) >= 11 is 1.81. The second-order valence-electron chi connectivity index (χ2n) is 3.49. The first kappa shape index (κ1) is 9.52. The molecule has 1 aliphatic heterocycles. The van der Waals surface area contributed by atoms with Gasteiger partial charge in [-0.2, -0.15) is 0 Å². The lowest BCUT2D eigenvalue weighted by Crippen LogP contribution is -2.40. The SMILES string of the molecule is CC(Cc1cccs1)NC1=NCCN1. The average molecular weight is 209 g/mol. The fourth-order valence-electron chi connectivity index (χ4n) is 1.51. The van der Waals surface area contributed by atoms with Crippen LogP contribution in [0.25, 0.3) is 0 Å². The zero-order chi connectivity index (χ0) is 9.80. The minimum absolute atomic E-state index is 0.443. The molecule has 14 heavy (non-hydrogen) atoms. The van der Waals surface area contributed by atoms with Crippen LogP contribution in [0.5, 0.6) is 0 Å². The highest BCUT2D eigenvalue weighted by Gasteiger charge is 2.09. The van der Waals surface area contributed by atoms with Gasteiger partial charge >= 0.3 is 0 Å².